The minimum Gasteiger partial charge on any atom is -0.399 e. The molecule has 0 heterocycles. The highest BCUT2D eigenvalue weighted by Crippen LogP contribution is 2.22. The van der Waals surface area contributed by atoms with Gasteiger partial charge < -0.3 is 10.5 Å². The third-order valence-corrected chi connectivity index (χ3v) is 4.26. The molecule has 0 aliphatic heterocycles. The van der Waals surface area contributed by atoms with Crippen molar-refractivity contribution >= 4 is 28.1 Å². The number of rotatable bonds is 7. The highest BCUT2D eigenvalue weighted by Gasteiger charge is 2.08. The molecule has 2 N–H and O–H groups in total. The number of benzene rings is 1. The van der Waals surface area contributed by atoms with Crippen molar-refractivity contribution in [1.82, 2.24) is 0 Å². The maximum atomic E-state index is 12.0. The molecule has 0 radical (unpaired) electrons. The molecule has 1 unspecified atom stereocenters. The maximum absolute atomic E-state index is 12.0. The van der Waals surface area contributed by atoms with E-state index in [2.05, 4.69) is 13.8 Å². The molecule has 0 saturated heterocycles. The van der Waals surface area contributed by atoms with Crippen molar-refractivity contribution in [3.63, 3.8) is 0 Å². The molecule has 0 bridgehead atoms. The number of nitrogens with two attached hydrogens (primary N) is 1. The van der Waals surface area contributed by atoms with E-state index in [9.17, 15) is 4.21 Å². The molecule has 0 spiro atoms. The first-order valence-electron chi connectivity index (χ1n) is 6.02. The number of halogens is 1. The van der Waals surface area contributed by atoms with Crippen molar-refractivity contribution in [3.8, 4) is 0 Å². The normalized spacial score (nSPS) is 12.9. The van der Waals surface area contributed by atoms with Crippen LogP contribution in [0, 0.1) is 5.92 Å². The van der Waals surface area contributed by atoms with Gasteiger partial charge in [-0.1, -0.05) is 25.4 Å². The van der Waals surface area contributed by atoms with Gasteiger partial charge in [-0.3, -0.25) is 4.21 Å². The monoisotopic (exact) mass is 289 g/mol. The van der Waals surface area contributed by atoms with E-state index in [0.29, 0.717) is 40.5 Å². The fourth-order valence-electron chi connectivity index (χ4n) is 1.37. The Morgan fingerprint density at radius 2 is 2.11 bits per heavy atom. The number of ether oxygens (including phenoxy) is 1. The zero-order chi connectivity index (χ0) is 13.5. The summed E-state index contributed by atoms with van der Waals surface area (Å²) in [7, 11) is -1.13. The molecule has 18 heavy (non-hydrogen) atoms. The first-order valence-corrected chi connectivity index (χ1v) is 7.71. The minimum absolute atomic E-state index is 0.454. The van der Waals surface area contributed by atoms with Gasteiger partial charge in [0.1, 0.15) is 0 Å². The summed E-state index contributed by atoms with van der Waals surface area (Å²) < 4.78 is 17.4. The molecule has 1 aromatic rings. The summed E-state index contributed by atoms with van der Waals surface area (Å²) in [5.74, 6) is 1.09. The van der Waals surface area contributed by atoms with Gasteiger partial charge >= 0.3 is 0 Å². The molecule has 0 fully saturated rings. The van der Waals surface area contributed by atoms with Crippen molar-refractivity contribution in [2.45, 2.75) is 25.2 Å². The van der Waals surface area contributed by atoms with Gasteiger partial charge in [-0.2, -0.15) is 0 Å². The summed E-state index contributed by atoms with van der Waals surface area (Å²) in [5.41, 5.74) is 6.17. The average molecular weight is 290 g/mol. The second-order valence-electron chi connectivity index (χ2n) is 4.53. The number of anilines is 1. The predicted octanol–water partition coefficient (Wildman–Crippen LogP) is 3.09. The van der Waals surface area contributed by atoms with Gasteiger partial charge in [-0.15, -0.1) is 0 Å². The van der Waals surface area contributed by atoms with Gasteiger partial charge in [0.25, 0.3) is 0 Å². The van der Waals surface area contributed by atoms with Crippen molar-refractivity contribution in [1.29, 1.82) is 0 Å². The van der Waals surface area contributed by atoms with Crippen LogP contribution in [0.5, 0.6) is 0 Å². The summed E-state index contributed by atoms with van der Waals surface area (Å²) in [6.45, 7) is 5.50. The van der Waals surface area contributed by atoms with E-state index in [1.807, 2.05) is 0 Å². The highest BCUT2D eigenvalue weighted by molar-refractivity contribution is 7.85. The number of hydrogen-bond donors (Lipinski definition) is 1. The Balaban J connectivity index is 2.36. The second-order valence-corrected chi connectivity index (χ2v) is 6.48. The van der Waals surface area contributed by atoms with Crippen LogP contribution >= 0.6 is 11.6 Å². The van der Waals surface area contributed by atoms with Crippen LogP contribution in [0.4, 0.5) is 5.69 Å². The third-order valence-electron chi connectivity index (χ3n) is 2.45. The van der Waals surface area contributed by atoms with Gasteiger partial charge in [-0.05, 0) is 30.5 Å². The zero-order valence-corrected chi connectivity index (χ0v) is 12.4. The molecular formula is C13H20ClNO2S. The van der Waals surface area contributed by atoms with Crippen LogP contribution in [0.2, 0.25) is 5.02 Å². The molecule has 1 aromatic carbocycles. The van der Waals surface area contributed by atoms with Crippen molar-refractivity contribution in [3.05, 3.63) is 23.2 Å². The van der Waals surface area contributed by atoms with Gasteiger partial charge in [0, 0.05) is 12.3 Å². The molecule has 0 saturated carbocycles. The van der Waals surface area contributed by atoms with Crippen molar-refractivity contribution in [2.75, 3.05) is 24.7 Å². The maximum Gasteiger partial charge on any atom is 0.0587 e. The molecular weight excluding hydrogens is 270 g/mol. The Labute approximate surface area is 116 Å². The Hall–Kier alpha value is -0.580. The van der Waals surface area contributed by atoms with Crippen LogP contribution in [0.25, 0.3) is 0 Å². The van der Waals surface area contributed by atoms with Crippen molar-refractivity contribution < 1.29 is 8.95 Å². The topological polar surface area (TPSA) is 52.3 Å². The molecule has 0 aromatic heterocycles. The number of nitrogen functional groups attached to an aromatic ring is 1. The number of hydrogen-bond acceptors (Lipinski definition) is 3. The summed E-state index contributed by atoms with van der Waals surface area (Å²) in [6, 6.07) is 5.04. The Morgan fingerprint density at radius 1 is 1.39 bits per heavy atom. The van der Waals surface area contributed by atoms with E-state index in [4.69, 9.17) is 22.1 Å². The fourth-order valence-corrected chi connectivity index (χ4v) is 2.80. The Morgan fingerprint density at radius 3 is 2.72 bits per heavy atom. The van der Waals surface area contributed by atoms with Crippen LogP contribution in [-0.2, 0) is 15.5 Å². The first-order chi connectivity index (χ1) is 8.50. The Bertz CT molecular complexity index is 410. The minimum atomic E-state index is -1.13. The van der Waals surface area contributed by atoms with Crippen LogP contribution in [0.3, 0.4) is 0 Å². The zero-order valence-electron chi connectivity index (χ0n) is 10.8. The smallest absolute Gasteiger partial charge is 0.0587 e. The Kier molecular flexibility index (Phi) is 6.68. The van der Waals surface area contributed by atoms with E-state index < -0.39 is 10.8 Å². The van der Waals surface area contributed by atoms with E-state index in [0.717, 1.165) is 6.42 Å². The van der Waals surface area contributed by atoms with Crippen LogP contribution in [0.1, 0.15) is 20.3 Å². The fraction of sp³-hybridized carbons (Fsp3) is 0.538. The van der Waals surface area contributed by atoms with Crippen LogP contribution in [-0.4, -0.2) is 23.2 Å². The summed E-state index contributed by atoms with van der Waals surface area (Å²) in [6.07, 6.45) is 1.02. The molecule has 5 heteroatoms. The lowest BCUT2D eigenvalue weighted by Gasteiger charge is -2.07. The van der Waals surface area contributed by atoms with Gasteiger partial charge in [0.2, 0.25) is 0 Å². The molecule has 0 aliphatic carbocycles. The van der Waals surface area contributed by atoms with Crippen molar-refractivity contribution in [2.24, 2.45) is 5.92 Å². The lowest BCUT2D eigenvalue weighted by Crippen LogP contribution is -2.08. The third kappa shape index (κ3) is 5.38. The highest BCUT2D eigenvalue weighted by atomic mass is 35.5. The van der Waals surface area contributed by atoms with Gasteiger partial charge in [0.05, 0.1) is 33.1 Å². The largest absolute Gasteiger partial charge is 0.399 e. The first kappa shape index (κ1) is 15.5. The molecule has 102 valence electrons. The molecule has 3 nitrogen and oxygen atoms in total. The lowest BCUT2D eigenvalue weighted by atomic mass is 10.1. The van der Waals surface area contributed by atoms with E-state index in [-0.39, 0.29) is 0 Å². The molecule has 1 rings (SSSR count). The lowest BCUT2D eigenvalue weighted by molar-refractivity contribution is 0.138. The standard InChI is InChI=1S/C13H20ClNO2S/c1-10(2)5-6-17-7-8-18(16)13-4-3-11(15)9-12(13)14/h3-4,9-10H,5-8,15H2,1-2H3. The summed E-state index contributed by atoms with van der Waals surface area (Å²) in [5, 5.41) is 0.454. The van der Waals surface area contributed by atoms with Crippen LogP contribution < -0.4 is 5.73 Å². The second kappa shape index (κ2) is 7.77. The molecule has 1 atom stereocenters. The SMILES string of the molecule is CC(C)CCOCCS(=O)c1ccc(N)cc1Cl. The predicted molar refractivity (Wildman–Crippen MR) is 77.4 cm³/mol. The van der Waals surface area contributed by atoms with Gasteiger partial charge in [0.15, 0.2) is 0 Å². The van der Waals surface area contributed by atoms with E-state index in [1.54, 1.807) is 18.2 Å². The summed E-state index contributed by atoms with van der Waals surface area (Å²) in [4.78, 5) is 0.623. The molecule has 0 amide bonds. The van der Waals surface area contributed by atoms with E-state index in [1.165, 1.54) is 0 Å². The van der Waals surface area contributed by atoms with E-state index >= 15 is 0 Å². The quantitative estimate of drug-likeness (QED) is 0.620. The van der Waals surface area contributed by atoms with Crippen LogP contribution in [0.15, 0.2) is 23.1 Å². The average Bonchev–Trinajstić information content (AvgIpc) is 2.27. The summed E-state index contributed by atoms with van der Waals surface area (Å²) >= 11 is 5.99. The molecule has 0 aliphatic rings. The van der Waals surface area contributed by atoms with Gasteiger partial charge in [-0.25, -0.2) is 0 Å².